The van der Waals surface area contributed by atoms with Crippen molar-refractivity contribution in [1.29, 1.82) is 0 Å². The highest BCUT2D eigenvalue weighted by Crippen LogP contribution is 2.30. The van der Waals surface area contributed by atoms with Gasteiger partial charge < -0.3 is 4.90 Å². The van der Waals surface area contributed by atoms with Gasteiger partial charge in [-0.3, -0.25) is 9.69 Å². The predicted octanol–water partition coefficient (Wildman–Crippen LogP) is 4.75. The van der Waals surface area contributed by atoms with Gasteiger partial charge in [0.2, 0.25) is 5.91 Å². The van der Waals surface area contributed by atoms with E-state index in [1.165, 1.54) is 12.1 Å². The van der Waals surface area contributed by atoms with Crippen LogP contribution in [0.2, 0.25) is 0 Å². The Morgan fingerprint density at radius 1 is 1.00 bits per heavy atom. The van der Waals surface area contributed by atoms with Gasteiger partial charge in [-0.25, -0.2) is 0 Å². The van der Waals surface area contributed by atoms with Crippen molar-refractivity contribution in [2.24, 2.45) is 0 Å². The van der Waals surface area contributed by atoms with Crippen LogP contribution in [-0.4, -0.2) is 41.9 Å². The Bertz CT molecular complexity index is 946. The first-order valence-electron chi connectivity index (χ1n) is 9.46. The first-order valence-corrected chi connectivity index (χ1v) is 10.3. The van der Waals surface area contributed by atoms with E-state index in [4.69, 9.17) is 0 Å². The molecule has 2 aliphatic rings. The lowest BCUT2D eigenvalue weighted by Gasteiger charge is -2.35. The number of hydrogen-bond donors (Lipinski definition) is 0. The highest BCUT2D eigenvalue weighted by atomic mass is 79.9. The lowest BCUT2D eigenvalue weighted by Crippen LogP contribution is -2.48. The molecule has 29 heavy (non-hydrogen) atoms. The standard InChI is InChI=1S/C22H20BrF3N2O/c23-20-6-3-16-11-18(12-17(16)13-20)21(29)28-9-7-27(8-10-28)14-15-1-4-19(5-2-15)22(24,25)26/h1-6,11,13H,7-10,12,14H2. The maximum atomic E-state index is 12.9. The molecule has 7 heteroatoms. The van der Waals surface area contributed by atoms with Gasteiger partial charge >= 0.3 is 6.18 Å². The van der Waals surface area contributed by atoms with Crippen molar-refractivity contribution in [3.05, 3.63) is 74.8 Å². The number of nitrogens with zero attached hydrogens (tertiary/aromatic N) is 2. The van der Waals surface area contributed by atoms with E-state index in [2.05, 4.69) is 20.8 Å². The summed E-state index contributed by atoms with van der Waals surface area (Å²) in [6.45, 7) is 3.24. The Labute approximate surface area is 175 Å². The number of amides is 1. The van der Waals surface area contributed by atoms with E-state index in [1.807, 2.05) is 29.2 Å². The molecule has 1 saturated heterocycles. The van der Waals surface area contributed by atoms with Gasteiger partial charge in [-0.1, -0.05) is 34.1 Å². The molecule has 0 saturated carbocycles. The molecule has 0 aromatic heterocycles. The number of fused-ring (bicyclic) bond motifs is 1. The van der Waals surface area contributed by atoms with Gasteiger partial charge in [0.1, 0.15) is 0 Å². The number of piperazine rings is 1. The van der Waals surface area contributed by atoms with Crippen molar-refractivity contribution in [3.63, 3.8) is 0 Å². The molecule has 1 aliphatic heterocycles. The van der Waals surface area contributed by atoms with E-state index in [0.29, 0.717) is 39.1 Å². The second-order valence-corrected chi connectivity index (χ2v) is 8.37. The van der Waals surface area contributed by atoms with Gasteiger partial charge in [-0.05, 0) is 47.0 Å². The zero-order valence-electron chi connectivity index (χ0n) is 15.7. The van der Waals surface area contributed by atoms with Crippen molar-refractivity contribution in [1.82, 2.24) is 9.80 Å². The van der Waals surface area contributed by atoms with Crippen LogP contribution in [0.25, 0.3) is 6.08 Å². The molecule has 152 valence electrons. The summed E-state index contributed by atoms with van der Waals surface area (Å²) < 4.78 is 39.0. The fraction of sp³-hybridized carbons (Fsp3) is 0.318. The summed E-state index contributed by atoms with van der Waals surface area (Å²) in [5, 5.41) is 0. The molecule has 1 heterocycles. The first-order chi connectivity index (χ1) is 13.8. The summed E-state index contributed by atoms with van der Waals surface area (Å²) in [7, 11) is 0. The summed E-state index contributed by atoms with van der Waals surface area (Å²) >= 11 is 3.47. The van der Waals surface area contributed by atoms with Gasteiger partial charge in [0, 0.05) is 49.2 Å². The van der Waals surface area contributed by atoms with Gasteiger partial charge in [0.15, 0.2) is 0 Å². The van der Waals surface area contributed by atoms with E-state index in [-0.39, 0.29) is 5.91 Å². The summed E-state index contributed by atoms with van der Waals surface area (Å²) in [6.07, 6.45) is -1.69. The number of benzene rings is 2. The average molecular weight is 465 g/mol. The Morgan fingerprint density at radius 3 is 2.34 bits per heavy atom. The molecule has 0 atom stereocenters. The number of halogens is 4. The molecule has 1 fully saturated rings. The summed E-state index contributed by atoms with van der Waals surface area (Å²) in [6, 6.07) is 11.3. The largest absolute Gasteiger partial charge is 0.416 e. The van der Waals surface area contributed by atoms with Crippen molar-refractivity contribution < 1.29 is 18.0 Å². The second-order valence-electron chi connectivity index (χ2n) is 7.45. The Kier molecular flexibility index (Phi) is 5.53. The van der Waals surface area contributed by atoms with Gasteiger partial charge in [0.05, 0.1) is 5.56 Å². The van der Waals surface area contributed by atoms with Gasteiger partial charge in [0.25, 0.3) is 0 Å². The number of hydrogen-bond acceptors (Lipinski definition) is 2. The number of carbonyl (C=O) groups excluding carboxylic acids is 1. The zero-order chi connectivity index (χ0) is 20.6. The fourth-order valence-electron chi connectivity index (χ4n) is 3.82. The Morgan fingerprint density at radius 2 is 1.69 bits per heavy atom. The maximum absolute atomic E-state index is 12.9. The molecule has 4 rings (SSSR count). The molecule has 0 radical (unpaired) electrons. The fourth-order valence-corrected chi connectivity index (χ4v) is 4.23. The van der Waals surface area contributed by atoms with E-state index in [9.17, 15) is 18.0 Å². The first kappa shape index (κ1) is 20.2. The minimum absolute atomic E-state index is 0.0755. The topological polar surface area (TPSA) is 23.6 Å². The van der Waals surface area contributed by atoms with Crippen LogP contribution in [0.4, 0.5) is 13.2 Å². The summed E-state index contributed by atoms with van der Waals surface area (Å²) in [5.41, 5.74) is 3.28. The maximum Gasteiger partial charge on any atom is 0.416 e. The van der Waals surface area contributed by atoms with E-state index < -0.39 is 11.7 Å². The normalized spacial score (nSPS) is 17.2. The quantitative estimate of drug-likeness (QED) is 0.654. The third-order valence-electron chi connectivity index (χ3n) is 5.44. The molecule has 0 spiro atoms. The molecule has 3 nitrogen and oxygen atoms in total. The lowest BCUT2D eigenvalue weighted by molar-refractivity contribution is -0.137. The number of carbonyl (C=O) groups is 1. The van der Waals surface area contributed by atoms with Crippen LogP contribution in [0.1, 0.15) is 22.3 Å². The van der Waals surface area contributed by atoms with Gasteiger partial charge in [-0.15, -0.1) is 0 Å². The van der Waals surface area contributed by atoms with Crippen LogP contribution in [0.5, 0.6) is 0 Å². The van der Waals surface area contributed by atoms with Crippen molar-refractivity contribution in [3.8, 4) is 0 Å². The molecule has 0 N–H and O–H groups in total. The molecule has 0 bridgehead atoms. The molecule has 2 aromatic carbocycles. The highest BCUT2D eigenvalue weighted by Gasteiger charge is 2.30. The van der Waals surface area contributed by atoms with Gasteiger partial charge in [-0.2, -0.15) is 13.2 Å². The zero-order valence-corrected chi connectivity index (χ0v) is 17.3. The van der Waals surface area contributed by atoms with Crippen molar-refractivity contribution >= 4 is 27.9 Å². The predicted molar refractivity (Wildman–Crippen MR) is 109 cm³/mol. The van der Waals surface area contributed by atoms with Crippen molar-refractivity contribution in [2.45, 2.75) is 19.1 Å². The lowest BCUT2D eigenvalue weighted by atomic mass is 10.1. The van der Waals surface area contributed by atoms with Crippen LogP contribution in [0, 0.1) is 0 Å². The van der Waals surface area contributed by atoms with Crippen molar-refractivity contribution in [2.75, 3.05) is 26.2 Å². The Hall–Kier alpha value is -2.12. The van der Waals surface area contributed by atoms with E-state index in [1.54, 1.807) is 0 Å². The second kappa shape index (κ2) is 7.95. The van der Waals surface area contributed by atoms with E-state index >= 15 is 0 Å². The Balaban J connectivity index is 1.31. The molecule has 1 amide bonds. The number of rotatable bonds is 3. The number of alkyl halides is 3. The smallest absolute Gasteiger partial charge is 0.336 e. The summed E-state index contributed by atoms with van der Waals surface area (Å²) in [5.74, 6) is 0.0755. The van der Waals surface area contributed by atoms with Crippen LogP contribution < -0.4 is 0 Å². The van der Waals surface area contributed by atoms with Crippen LogP contribution >= 0.6 is 15.9 Å². The molecule has 0 unspecified atom stereocenters. The highest BCUT2D eigenvalue weighted by molar-refractivity contribution is 9.10. The SMILES string of the molecule is O=C(C1=Cc2ccc(Br)cc2C1)N1CCN(Cc2ccc(C(F)(F)F)cc2)CC1. The molecular formula is C22H20BrF3N2O. The molecule has 2 aromatic rings. The minimum Gasteiger partial charge on any atom is -0.336 e. The molecule has 1 aliphatic carbocycles. The monoisotopic (exact) mass is 464 g/mol. The molecular weight excluding hydrogens is 445 g/mol. The van der Waals surface area contributed by atoms with Crippen LogP contribution in [0.15, 0.2) is 52.5 Å². The summed E-state index contributed by atoms with van der Waals surface area (Å²) in [4.78, 5) is 16.9. The van der Waals surface area contributed by atoms with Crippen LogP contribution in [-0.2, 0) is 23.9 Å². The van der Waals surface area contributed by atoms with E-state index in [0.717, 1.165) is 38.9 Å². The third kappa shape index (κ3) is 4.56. The average Bonchev–Trinajstić information content (AvgIpc) is 3.11. The third-order valence-corrected chi connectivity index (χ3v) is 5.93. The van der Waals surface area contributed by atoms with Crippen LogP contribution in [0.3, 0.4) is 0 Å². The minimum atomic E-state index is -4.31.